The lowest BCUT2D eigenvalue weighted by atomic mass is 10.1. The molecule has 4 rings (SSSR count). The standard InChI is InChI=1S/C18H15N3O2S/c1-20(10-16-19-14-8-4-5-9-15(14)24-16)11-21-17(22)12-6-2-3-7-13(12)18(21)23/h2-9H,10-11H2,1H3. The minimum absolute atomic E-state index is 0.230. The summed E-state index contributed by atoms with van der Waals surface area (Å²) in [5.41, 5.74) is 1.94. The van der Waals surface area contributed by atoms with Gasteiger partial charge in [0.15, 0.2) is 0 Å². The molecular formula is C18H15N3O2S. The van der Waals surface area contributed by atoms with Crippen molar-refractivity contribution in [2.24, 2.45) is 0 Å². The van der Waals surface area contributed by atoms with E-state index in [1.165, 1.54) is 4.90 Å². The smallest absolute Gasteiger partial charge is 0.262 e. The van der Waals surface area contributed by atoms with E-state index in [2.05, 4.69) is 4.98 Å². The summed E-state index contributed by atoms with van der Waals surface area (Å²) >= 11 is 1.63. The first kappa shape index (κ1) is 15.0. The Kier molecular flexibility index (Phi) is 3.63. The van der Waals surface area contributed by atoms with E-state index in [9.17, 15) is 9.59 Å². The summed E-state index contributed by atoms with van der Waals surface area (Å²) in [6.45, 7) is 0.842. The Hall–Kier alpha value is -2.57. The molecule has 2 amide bonds. The van der Waals surface area contributed by atoms with Crippen molar-refractivity contribution in [2.75, 3.05) is 13.7 Å². The van der Waals surface area contributed by atoms with E-state index in [0.29, 0.717) is 17.7 Å². The van der Waals surface area contributed by atoms with E-state index in [1.807, 2.05) is 36.2 Å². The maximum absolute atomic E-state index is 12.4. The quantitative estimate of drug-likeness (QED) is 0.687. The van der Waals surface area contributed by atoms with Crippen LogP contribution >= 0.6 is 11.3 Å². The number of hydrogen-bond donors (Lipinski definition) is 0. The van der Waals surface area contributed by atoms with Crippen LogP contribution in [0, 0.1) is 0 Å². The predicted molar refractivity (Wildman–Crippen MR) is 92.9 cm³/mol. The lowest BCUT2D eigenvalue weighted by molar-refractivity contribution is 0.0559. The molecule has 0 N–H and O–H groups in total. The maximum Gasteiger partial charge on any atom is 0.262 e. The zero-order valence-corrected chi connectivity index (χ0v) is 13.9. The predicted octanol–water partition coefficient (Wildman–Crippen LogP) is 2.98. The molecule has 0 radical (unpaired) electrons. The van der Waals surface area contributed by atoms with Crippen molar-refractivity contribution >= 4 is 33.4 Å². The van der Waals surface area contributed by atoms with Crippen LogP contribution in [-0.4, -0.2) is 40.3 Å². The first-order chi connectivity index (χ1) is 11.6. The summed E-state index contributed by atoms with van der Waals surface area (Å²) in [7, 11) is 1.88. The fraction of sp³-hybridized carbons (Fsp3) is 0.167. The summed E-state index contributed by atoms with van der Waals surface area (Å²) < 4.78 is 1.14. The third kappa shape index (κ3) is 2.50. The molecule has 0 saturated carbocycles. The lowest BCUT2D eigenvalue weighted by Gasteiger charge is -2.21. The Balaban J connectivity index is 1.49. The van der Waals surface area contributed by atoms with Gasteiger partial charge in [-0.25, -0.2) is 4.98 Å². The summed E-state index contributed by atoms with van der Waals surface area (Å²) in [6.07, 6.45) is 0. The molecule has 0 fully saturated rings. The molecule has 0 atom stereocenters. The Morgan fingerprint density at radius 3 is 2.29 bits per heavy atom. The lowest BCUT2D eigenvalue weighted by Crippen LogP contribution is -2.39. The number of imide groups is 1. The Morgan fingerprint density at radius 1 is 1.00 bits per heavy atom. The molecule has 0 spiro atoms. The van der Waals surface area contributed by atoms with Crippen molar-refractivity contribution in [3.63, 3.8) is 0 Å². The molecule has 24 heavy (non-hydrogen) atoms. The Morgan fingerprint density at radius 2 is 1.62 bits per heavy atom. The second-order valence-electron chi connectivity index (χ2n) is 5.81. The van der Waals surface area contributed by atoms with Gasteiger partial charge in [0.25, 0.3) is 11.8 Å². The van der Waals surface area contributed by atoms with Gasteiger partial charge < -0.3 is 0 Å². The van der Waals surface area contributed by atoms with Crippen LogP contribution in [0.4, 0.5) is 0 Å². The number of carbonyl (C=O) groups is 2. The minimum atomic E-state index is -0.230. The van der Waals surface area contributed by atoms with Gasteiger partial charge in [-0.3, -0.25) is 19.4 Å². The fourth-order valence-electron chi connectivity index (χ4n) is 2.88. The second-order valence-corrected chi connectivity index (χ2v) is 6.93. The number of carbonyl (C=O) groups excluding carboxylic acids is 2. The molecule has 0 unspecified atom stereocenters. The molecule has 2 heterocycles. The number of nitrogens with zero attached hydrogens (tertiary/aromatic N) is 3. The van der Waals surface area contributed by atoms with Crippen LogP contribution in [-0.2, 0) is 6.54 Å². The van der Waals surface area contributed by atoms with Crippen molar-refractivity contribution < 1.29 is 9.59 Å². The van der Waals surface area contributed by atoms with E-state index in [1.54, 1.807) is 35.6 Å². The molecule has 1 aromatic heterocycles. The topological polar surface area (TPSA) is 53.5 Å². The van der Waals surface area contributed by atoms with Gasteiger partial charge >= 0.3 is 0 Å². The molecule has 1 aliphatic rings. The highest BCUT2D eigenvalue weighted by molar-refractivity contribution is 7.18. The average Bonchev–Trinajstić information content (AvgIpc) is 3.09. The normalized spacial score (nSPS) is 14.0. The van der Waals surface area contributed by atoms with Crippen LogP contribution in [0.5, 0.6) is 0 Å². The van der Waals surface area contributed by atoms with Crippen molar-refractivity contribution in [3.05, 3.63) is 64.7 Å². The number of aromatic nitrogens is 1. The van der Waals surface area contributed by atoms with E-state index in [0.717, 1.165) is 15.2 Å². The van der Waals surface area contributed by atoms with Crippen LogP contribution in [0.2, 0.25) is 0 Å². The van der Waals surface area contributed by atoms with E-state index in [-0.39, 0.29) is 18.5 Å². The zero-order valence-electron chi connectivity index (χ0n) is 13.1. The molecule has 1 aliphatic heterocycles. The van der Waals surface area contributed by atoms with Crippen molar-refractivity contribution in [2.45, 2.75) is 6.54 Å². The third-order valence-electron chi connectivity index (χ3n) is 4.00. The SMILES string of the molecule is CN(Cc1nc2ccccc2s1)CN1C(=O)c2ccccc2C1=O. The second kappa shape index (κ2) is 5.81. The number of para-hydroxylation sites is 1. The van der Waals surface area contributed by atoms with E-state index in [4.69, 9.17) is 0 Å². The van der Waals surface area contributed by atoms with Crippen LogP contribution in [0.25, 0.3) is 10.2 Å². The maximum atomic E-state index is 12.4. The summed E-state index contributed by atoms with van der Waals surface area (Å²) in [5.74, 6) is -0.460. The van der Waals surface area contributed by atoms with Crippen LogP contribution in [0.3, 0.4) is 0 Å². The van der Waals surface area contributed by atoms with E-state index < -0.39 is 0 Å². The van der Waals surface area contributed by atoms with Crippen molar-refractivity contribution in [1.29, 1.82) is 0 Å². The summed E-state index contributed by atoms with van der Waals surface area (Å²) in [6, 6.07) is 14.9. The molecule has 120 valence electrons. The molecule has 3 aromatic rings. The first-order valence-electron chi connectivity index (χ1n) is 7.62. The highest BCUT2D eigenvalue weighted by Crippen LogP contribution is 2.24. The molecule has 2 aromatic carbocycles. The van der Waals surface area contributed by atoms with Crippen molar-refractivity contribution in [1.82, 2.24) is 14.8 Å². The number of thiazole rings is 1. The van der Waals surface area contributed by atoms with Crippen LogP contribution < -0.4 is 0 Å². The van der Waals surface area contributed by atoms with Gasteiger partial charge in [-0.1, -0.05) is 24.3 Å². The van der Waals surface area contributed by atoms with Gasteiger partial charge in [-0.15, -0.1) is 11.3 Å². The number of amides is 2. The largest absolute Gasteiger partial charge is 0.282 e. The number of rotatable bonds is 4. The minimum Gasteiger partial charge on any atom is -0.282 e. The highest BCUT2D eigenvalue weighted by Gasteiger charge is 2.35. The first-order valence-corrected chi connectivity index (χ1v) is 8.43. The summed E-state index contributed by atoms with van der Waals surface area (Å²) in [5, 5.41) is 0.968. The van der Waals surface area contributed by atoms with Gasteiger partial charge in [0.2, 0.25) is 0 Å². The molecule has 0 aliphatic carbocycles. The number of hydrogen-bond acceptors (Lipinski definition) is 5. The third-order valence-corrected chi connectivity index (χ3v) is 5.03. The molecular weight excluding hydrogens is 322 g/mol. The van der Waals surface area contributed by atoms with Crippen LogP contribution in [0.1, 0.15) is 25.7 Å². The highest BCUT2D eigenvalue weighted by atomic mass is 32.1. The van der Waals surface area contributed by atoms with Gasteiger partial charge in [0.05, 0.1) is 34.6 Å². The fourth-order valence-corrected chi connectivity index (χ4v) is 3.93. The van der Waals surface area contributed by atoms with Gasteiger partial charge in [0, 0.05) is 0 Å². The van der Waals surface area contributed by atoms with Gasteiger partial charge in [-0.05, 0) is 31.3 Å². The molecule has 0 bridgehead atoms. The van der Waals surface area contributed by atoms with Gasteiger partial charge in [-0.2, -0.15) is 0 Å². The Labute approximate surface area is 143 Å². The van der Waals surface area contributed by atoms with Gasteiger partial charge in [0.1, 0.15) is 5.01 Å². The number of benzene rings is 2. The molecule has 6 heteroatoms. The van der Waals surface area contributed by atoms with Crippen LogP contribution in [0.15, 0.2) is 48.5 Å². The summed E-state index contributed by atoms with van der Waals surface area (Å²) in [4.78, 5) is 32.6. The zero-order chi connectivity index (χ0) is 16.7. The van der Waals surface area contributed by atoms with E-state index >= 15 is 0 Å². The average molecular weight is 337 g/mol. The molecule has 0 saturated heterocycles. The molecule has 5 nitrogen and oxygen atoms in total. The van der Waals surface area contributed by atoms with Crippen molar-refractivity contribution in [3.8, 4) is 0 Å². The number of fused-ring (bicyclic) bond motifs is 2. The Bertz CT molecular complexity index is 882. The monoisotopic (exact) mass is 337 g/mol.